The number of hydrogen-bond donors (Lipinski definition) is 1. The van der Waals surface area contributed by atoms with Gasteiger partial charge in [0.05, 0.1) is 0 Å². The fraction of sp³-hybridized carbons (Fsp3) is 0.300. The topological polar surface area (TPSA) is 49.4 Å². The second-order valence-corrected chi connectivity index (χ2v) is 6.55. The molecule has 2 amide bonds. The van der Waals surface area contributed by atoms with Gasteiger partial charge in [0.1, 0.15) is 0 Å². The lowest BCUT2D eigenvalue weighted by Gasteiger charge is -2.21. The molecule has 132 valence electrons. The van der Waals surface area contributed by atoms with E-state index in [4.69, 9.17) is 11.6 Å². The van der Waals surface area contributed by atoms with Crippen LogP contribution in [0.5, 0.6) is 0 Å². The summed E-state index contributed by atoms with van der Waals surface area (Å²) in [7, 11) is 0. The van der Waals surface area contributed by atoms with E-state index in [-0.39, 0.29) is 18.2 Å². The van der Waals surface area contributed by atoms with Crippen LogP contribution in [0, 0.1) is 13.8 Å². The summed E-state index contributed by atoms with van der Waals surface area (Å²) in [6.45, 7) is 6.33. The summed E-state index contributed by atoms with van der Waals surface area (Å²) in [6.07, 6.45) is 0.251. The molecule has 0 aliphatic carbocycles. The molecule has 2 aromatic rings. The number of benzene rings is 2. The monoisotopic (exact) mass is 358 g/mol. The molecule has 0 unspecified atom stereocenters. The minimum atomic E-state index is -0.101. The highest BCUT2D eigenvalue weighted by atomic mass is 35.5. The number of carbonyl (C=O) groups is 2. The van der Waals surface area contributed by atoms with Crippen LogP contribution >= 0.6 is 11.6 Å². The Labute approximate surface area is 153 Å². The molecule has 0 heterocycles. The van der Waals surface area contributed by atoms with Gasteiger partial charge in [0, 0.05) is 37.1 Å². The van der Waals surface area contributed by atoms with Crippen molar-refractivity contribution in [1.82, 2.24) is 4.90 Å². The molecule has 5 heteroatoms. The quantitative estimate of drug-likeness (QED) is 0.835. The first kappa shape index (κ1) is 19.0. The van der Waals surface area contributed by atoms with E-state index in [1.165, 1.54) is 6.92 Å². The number of carbonyl (C=O) groups excluding carboxylic acids is 2. The highest BCUT2D eigenvalue weighted by Gasteiger charge is 2.13. The zero-order valence-electron chi connectivity index (χ0n) is 14.8. The Hall–Kier alpha value is -2.33. The van der Waals surface area contributed by atoms with Crippen molar-refractivity contribution in [3.05, 3.63) is 64.2 Å². The van der Waals surface area contributed by atoms with Crippen LogP contribution in [0.2, 0.25) is 5.02 Å². The molecular formula is C20H23ClN2O2. The zero-order chi connectivity index (χ0) is 18.4. The summed E-state index contributed by atoms with van der Waals surface area (Å²) in [5.74, 6) is -0.162. The number of hydrogen-bond acceptors (Lipinski definition) is 2. The van der Waals surface area contributed by atoms with E-state index in [2.05, 4.69) is 5.32 Å². The van der Waals surface area contributed by atoms with Crippen molar-refractivity contribution >= 4 is 29.1 Å². The predicted octanol–water partition coefficient (Wildman–Crippen LogP) is 4.33. The lowest BCUT2D eigenvalue weighted by atomic mass is 10.1. The van der Waals surface area contributed by atoms with Gasteiger partial charge in [0.15, 0.2) is 0 Å². The molecule has 2 aromatic carbocycles. The van der Waals surface area contributed by atoms with Crippen LogP contribution in [0.15, 0.2) is 42.5 Å². The maximum Gasteiger partial charge on any atom is 0.226 e. The first-order valence-electron chi connectivity index (χ1n) is 8.23. The van der Waals surface area contributed by atoms with Gasteiger partial charge < -0.3 is 10.2 Å². The van der Waals surface area contributed by atoms with E-state index in [0.29, 0.717) is 18.1 Å². The fourth-order valence-corrected chi connectivity index (χ4v) is 2.62. The van der Waals surface area contributed by atoms with Crippen molar-refractivity contribution in [3.8, 4) is 0 Å². The van der Waals surface area contributed by atoms with Gasteiger partial charge in [0.25, 0.3) is 0 Å². The highest BCUT2D eigenvalue weighted by Crippen LogP contribution is 2.18. The Bertz CT molecular complexity index is 757. The molecule has 0 saturated carbocycles. The summed E-state index contributed by atoms with van der Waals surface area (Å²) in [6, 6.07) is 13.2. The zero-order valence-corrected chi connectivity index (χ0v) is 15.6. The van der Waals surface area contributed by atoms with Crippen LogP contribution in [0.4, 0.5) is 5.69 Å². The molecule has 25 heavy (non-hydrogen) atoms. The molecule has 0 radical (unpaired) electrons. The molecule has 0 spiro atoms. The summed E-state index contributed by atoms with van der Waals surface area (Å²) in [4.78, 5) is 25.7. The van der Waals surface area contributed by atoms with E-state index in [1.807, 2.05) is 44.2 Å². The van der Waals surface area contributed by atoms with Crippen LogP contribution in [-0.4, -0.2) is 23.3 Å². The van der Waals surface area contributed by atoms with Crippen molar-refractivity contribution < 1.29 is 9.59 Å². The van der Waals surface area contributed by atoms with Crippen LogP contribution in [0.3, 0.4) is 0 Å². The van der Waals surface area contributed by atoms with Gasteiger partial charge in [-0.15, -0.1) is 0 Å². The van der Waals surface area contributed by atoms with Crippen molar-refractivity contribution in [2.75, 3.05) is 11.9 Å². The number of anilines is 1. The Balaban J connectivity index is 1.94. The number of nitrogens with zero attached hydrogens (tertiary/aromatic N) is 1. The summed E-state index contributed by atoms with van der Waals surface area (Å²) >= 11 is 5.88. The maximum absolute atomic E-state index is 12.2. The van der Waals surface area contributed by atoms with Gasteiger partial charge >= 0.3 is 0 Å². The minimum Gasteiger partial charge on any atom is -0.338 e. The van der Waals surface area contributed by atoms with E-state index < -0.39 is 0 Å². The van der Waals surface area contributed by atoms with Crippen molar-refractivity contribution in [2.24, 2.45) is 0 Å². The van der Waals surface area contributed by atoms with Gasteiger partial charge in [0.2, 0.25) is 11.8 Å². The molecule has 0 saturated heterocycles. The number of halogens is 1. The maximum atomic E-state index is 12.2. The average molecular weight is 359 g/mol. The van der Waals surface area contributed by atoms with Crippen LogP contribution in [0.1, 0.15) is 30.0 Å². The van der Waals surface area contributed by atoms with Crippen LogP contribution in [0.25, 0.3) is 0 Å². The second-order valence-electron chi connectivity index (χ2n) is 6.11. The Morgan fingerprint density at radius 1 is 1.08 bits per heavy atom. The van der Waals surface area contributed by atoms with Crippen molar-refractivity contribution in [3.63, 3.8) is 0 Å². The summed E-state index contributed by atoms with van der Waals surface area (Å²) in [5, 5.41) is 3.58. The lowest BCUT2D eigenvalue weighted by molar-refractivity contribution is -0.129. The average Bonchev–Trinajstić information content (AvgIpc) is 2.57. The molecule has 0 aliphatic rings. The van der Waals surface area contributed by atoms with Crippen LogP contribution < -0.4 is 5.32 Å². The highest BCUT2D eigenvalue weighted by molar-refractivity contribution is 6.30. The number of nitrogens with one attached hydrogen (secondary N) is 1. The third-order valence-electron chi connectivity index (χ3n) is 4.22. The van der Waals surface area contributed by atoms with E-state index >= 15 is 0 Å². The molecule has 1 N–H and O–H groups in total. The third-order valence-corrected chi connectivity index (χ3v) is 4.47. The SMILES string of the molecule is CC(=O)N(CCC(=O)Nc1cccc(C)c1C)Cc1ccc(Cl)cc1. The minimum absolute atomic E-state index is 0.0607. The van der Waals surface area contributed by atoms with Gasteiger partial charge in [-0.25, -0.2) is 0 Å². The van der Waals surface area contributed by atoms with Crippen molar-refractivity contribution in [2.45, 2.75) is 33.7 Å². The largest absolute Gasteiger partial charge is 0.338 e. The lowest BCUT2D eigenvalue weighted by Crippen LogP contribution is -2.31. The molecule has 4 nitrogen and oxygen atoms in total. The first-order valence-corrected chi connectivity index (χ1v) is 8.60. The Morgan fingerprint density at radius 3 is 2.40 bits per heavy atom. The summed E-state index contributed by atoms with van der Waals surface area (Å²) < 4.78 is 0. The third kappa shape index (κ3) is 5.61. The molecule has 2 rings (SSSR count). The predicted molar refractivity (Wildman–Crippen MR) is 102 cm³/mol. The fourth-order valence-electron chi connectivity index (χ4n) is 2.49. The molecule has 0 fully saturated rings. The van der Waals surface area contributed by atoms with Gasteiger partial charge in [-0.3, -0.25) is 9.59 Å². The summed E-state index contributed by atoms with van der Waals surface area (Å²) in [5.41, 5.74) is 3.98. The second kappa shape index (κ2) is 8.67. The van der Waals surface area contributed by atoms with Gasteiger partial charge in [-0.1, -0.05) is 35.9 Å². The Morgan fingerprint density at radius 2 is 1.76 bits per heavy atom. The molecule has 0 aliphatic heterocycles. The van der Waals surface area contributed by atoms with Gasteiger partial charge in [-0.2, -0.15) is 0 Å². The van der Waals surface area contributed by atoms with Crippen LogP contribution in [-0.2, 0) is 16.1 Å². The normalized spacial score (nSPS) is 10.4. The molecule has 0 bridgehead atoms. The van der Waals surface area contributed by atoms with E-state index in [0.717, 1.165) is 22.4 Å². The number of rotatable bonds is 6. The molecular weight excluding hydrogens is 336 g/mol. The number of amides is 2. The number of aryl methyl sites for hydroxylation is 1. The van der Waals surface area contributed by atoms with Gasteiger partial charge in [-0.05, 0) is 48.7 Å². The van der Waals surface area contributed by atoms with E-state index in [1.54, 1.807) is 17.0 Å². The molecule has 0 atom stereocenters. The smallest absolute Gasteiger partial charge is 0.226 e. The molecule has 0 aromatic heterocycles. The van der Waals surface area contributed by atoms with Crippen molar-refractivity contribution in [1.29, 1.82) is 0 Å². The standard InChI is InChI=1S/C20H23ClN2O2/c1-14-5-4-6-19(15(14)2)22-20(25)11-12-23(16(3)24)13-17-7-9-18(21)10-8-17/h4-10H,11-13H2,1-3H3,(H,22,25). The Kier molecular flexibility index (Phi) is 6.59. The van der Waals surface area contributed by atoms with E-state index in [9.17, 15) is 9.59 Å². The first-order chi connectivity index (χ1) is 11.9.